The van der Waals surface area contributed by atoms with Gasteiger partial charge in [-0.1, -0.05) is 24.3 Å². The molecule has 1 aromatic heterocycles. The third kappa shape index (κ3) is 2.55. The molecule has 0 aliphatic rings. The lowest BCUT2D eigenvalue weighted by molar-refractivity contribution is 0.0821. The first-order chi connectivity index (χ1) is 10.6. The highest BCUT2D eigenvalue weighted by molar-refractivity contribution is 6.09. The van der Waals surface area contributed by atoms with E-state index < -0.39 is 6.10 Å². The number of nitrogen functional groups attached to an aromatic ring is 1. The topological polar surface area (TPSA) is 68.1 Å². The number of Topliss-reactive ketones (excluding diaryl/α,β-unsaturated/α-hetero) is 1. The van der Waals surface area contributed by atoms with Crippen molar-refractivity contribution in [1.82, 2.24) is 4.98 Å². The monoisotopic (exact) mass is 294 g/mol. The Labute approximate surface area is 128 Å². The molecular weight excluding hydrogens is 276 g/mol. The van der Waals surface area contributed by atoms with Gasteiger partial charge in [0.25, 0.3) is 0 Å². The minimum absolute atomic E-state index is 0.0718. The molecular formula is C18H18N2O2. The maximum absolute atomic E-state index is 12.6. The molecule has 0 saturated carbocycles. The number of para-hydroxylation sites is 1. The van der Waals surface area contributed by atoms with E-state index >= 15 is 0 Å². The summed E-state index contributed by atoms with van der Waals surface area (Å²) in [5, 5.41) is 0.903. The third-order valence-electron chi connectivity index (χ3n) is 3.69. The van der Waals surface area contributed by atoms with Gasteiger partial charge in [-0.25, -0.2) is 0 Å². The van der Waals surface area contributed by atoms with E-state index in [9.17, 15) is 4.79 Å². The van der Waals surface area contributed by atoms with Gasteiger partial charge < -0.3 is 15.5 Å². The highest BCUT2D eigenvalue weighted by Crippen LogP contribution is 2.25. The Balaban J connectivity index is 1.85. The summed E-state index contributed by atoms with van der Waals surface area (Å²) < 4.78 is 5.75. The summed E-state index contributed by atoms with van der Waals surface area (Å²) in [5.41, 5.74) is 9.10. The second-order valence-electron chi connectivity index (χ2n) is 5.41. The summed E-state index contributed by atoms with van der Waals surface area (Å²) >= 11 is 0. The molecule has 0 saturated heterocycles. The van der Waals surface area contributed by atoms with E-state index in [0.717, 1.165) is 16.5 Å². The number of ketones is 1. The Morgan fingerprint density at radius 3 is 2.77 bits per heavy atom. The molecule has 0 radical (unpaired) electrons. The van der Waals surface area contributed by atoms with Gasteiger partial charge >= 0.3 is 0 Å². The first-order valence-corrected chi connectivity index (χ1v) is 7.19. The van der Waals surface area contributed by atoms with E-state index in [1.54, 1.807) is 19.2 Å². The molecule has 22 heavy (non-hydrogen) atoms. The van der Waals surface area contributed by atoms with E-state index in [-0.39, 0.29) is 5.78 Å². The van der Waals surface area contributed by atoms with Crippen LogP contribution in [0.15, 0.2) is 48.7 Å². The van der Waals surface area contributed by atoms with Crippen LogP contribution in [-0.2, 0) is 0 Å². The van der Waals surface area contributed by atoms with E-state index in [2.05, 4.69) is 4.98 Å². The van der Waals surface area contributed by atoms with Gasteiger partial charge in [-0.15, -0.1) is 0 Å². The van der Waals surface area contributed by atoms with Gasteiger partial charge in [-0.2, -0.15) is 0 Å². The molecule has 1 unspecified atom stereocenters. The maximum Gasteiger partial charge on any atom is 0.205 e. The van der Waals surface area contributed by atoms with Crippen molar-refractivity contribution in [1.29, 1.82) is 0 Å². The first kappa shape index (κ1) is 14.2. The Morgan fingerprint density at radius 2 is 2.00 bits per heavy atom. The van der Waals surface area contributed by atoms with E-state index in [1.807, 2.05) is 43.3 Å². The Bertz CT molecular complexity index is 836. The number of hydrogen-bond donors (Lipinski definition) is 2. The van der Waals surface area contributed by atoms with E-state index in [4.69, 9.17) is 10.5 Å². The largest absolute Gasteiger partial charge is 0.480 e. The number of aromatic nitrogens is 1. The minimum Gasteiger partial charge on any atom is -0.480 e. The molecule has 1 heterocycles. The molecule has 0 spiro atoms. The third-order valence-corrected chi connectivity index (χ3v) is 3.69. The van der Waals surface area contributed by atoms with Crippen LogP contribution in [0.3, 0.4) is 0 Å². The fraction of sp³-hybridized carbons (Fsp3) is 0.167. The van der Waals surface area contributed by atoms with E-state index in [1.165, 1.54) is 0 Å². The molecule has 2 aromatic carbocycles. The summed E-state index contributed by atoms with van der Waals surface area (Å²) in [7, 11) is 0. The van der Waals surface area contributed by atoms with Crippen molar-refractivity contribution in [3.63, 3.8) is 0 Å². The number of hydrogen-bond acceptors (Lipinski definition) is 3. The van der Waals surface area contributed by atoms with Crippen molar-refractivity contribution in [3.8, 4) is 5.75 Å². The van der Waals surface area contributed by atoms with Gasteiger partial charge in [0.05, 0.1) is 5.69 Å². The molecule has 4 heteroatoms. The predicted molar refractivity (Wildman–Crippen MR) is 88.3 cm³/mol. The second-order valence-corrected chi connectivity index (χ2v) is 5.41. The summed E-state index contributed by atoms with van der Waals surface area (Å²) in [6, 6.07) is 13.2. The highest BCUT2D eigenvalue weighted by atomic mass is 16.5. The lowest BCUT2D eigenvalue weighted by Crippen LogP contribution is -2.24. The Hall–Kier alpha value is -2.75. The lowest BCUT2D eigenvalue weighted by Gasteiger charge is -2.15. The van der Waals surface area contributed by atoms with Crippen molar-refractivity contribution in [2.24, 2.45) is 0 Å². The minimum atomic E-state index is -0.607. The standard InChI is InChI=1S/C18H18N2O2/c1-11-7-8-17(15(19)9-11)22-12(2)18(21)14-10-20-16-6-4-3-5-13(14)16/h3-10,12,20H,19H2,1-2H3. The lowest BCUT2D eigenvalue weighted by atomic mass is 10.1. The quantitative estimate of drug-likeness (QED) is 0.569. The summed E-state index contributed by atoms with van der Waals surface area (Å²) in [6.45, 7) is 3.70. The molecule has 0 aliphatic carbocycles. The maximum atomic E-state index is 12.6. The summed E-state index contributed by atoms with van der Waals surface area (Å²) in [4.78, 5) is 15.7. The van der Waals surface area contributed by atoms with Gasteiger partial charge in [0, 0.05) is 22.7 Å². The molecule has 3 rings (SSSR count). The number of nitrogens with two attached hydrogens (primary N) is 1. The Morgan fingerprint density at radius 1 is 1.23 bits per heavy atom. The summed E-state index contributed by atoms with van der Waals surface area (Å²) in [6.07, 6.45) is 1.12. The van der Waals surface area contributed by atoms with Crippen LogP contribution >= 0.6 is 0 Å². The Kier molecular flexibility index (Phi) is 3.59. The predicted octanol–water partition coefficient (Wildman–Crippen LogP) is 3.71. The molecule has 3 aromatic rings. The fourth-order valence-electron chi connectivity index (χ4n) is 2.51. The number of H-pyrrole nitrogens is 1. The normalized spacial score (nSPS) is 12.3. The molecule has 0 fully saturated rings. The molecule has 0 aliphatic heterocycles. The second kappa shape index (κ2) is 5.56. The number of anilines is 1. The fourth-order valence-corrected chi connectivity index (χ4v) is 2.51. The van der Waals surface area contributed by atoms with E-state index in [0.29, 0.717) is 17.0 Å². The number of aromatic amines is 1. The number of fused-ring (bicyclic) bond motifs is 1. The van der Waals surface area contributed by atoms with Crippen molar-refractivity contribution < 1.29 is 9.53 Å². The molecule has 0 bridgehead atoms. The van der Waals surface area contributed by atoms with Crippen molar-refractivity contribution in [2.75, 3.05) is 5.73 Å². The molecule has 1 atom stereocenters. The van der Waals surface area contributed by atoms with Crippen LogP contribution in [-0.4, -0.2) is 16.9 Å². The van der Waals surface area contributed by atoms with Gasteiger partial charge in [-0.3, -0.25) is 4.79 Å². The molecule has 3 N–H and O–H groups in total. The number of carbonyl (C=O) groups is 1. The zero-order valence-corrected chi connectivity index (χ0v) is 12.6. The van der Waals surface area contributed by atoms with Crippen LogP contribution in [0.25, 0.3) is 10.9 Å². The van der Waals surface area contributed by atoms with Gasteiger partial charge in [-0.05, 0) is 37.6 Å². The highest BCUT2D eigenvalue weighted by Gasteiger charge is 2.20. The average Bonchev–Trinajstić information content (AvgIpc) is 2.93. The molecule has 0 amide bonds. The number of aryl methyl sites for hydroxylation is 1. The van der Waals surface area contributed by atoms with Crippen molar-refractivity contribution >= 4 is 22.4 Å². The van der Waals surface area contributed by atoms with Crippen molar-refractivity contribution in [2.45, 2.75) is 20.0 Å². The number of ether oxygens (including phenoxy) is 1. The summed E-state index contributed by atoms with van der Waals surface area (Å²) in [5.74, 6) is 0.462. The number of benzene rings is 2. The van der Waals surface area contributed by atoms with Crippen LogP contribution < -0.4 is 10.5 Å². The van der Waals surface area contributed by atoms with Crippen LogP contribution in [0.4, 0.5) is 5.69 Å². The number of carbonyl (C=O) groups excluding carboxylic acids is 1. The van der Waals surface area contributed by atoms with Crippen LogP contribution in [0.5, 0.6) is 5.75 Å². The zero-order valence-electron chi connectivity index (χ0n) is 12.6. The number of rotatable bonds is 4. The molecule has 112 valence electrons. The molecule has 4 nitrogen and oxygen atoms in total. The van der Waals surface area contributed by atoms with Gasteiger partial charge in [0.1, 0.15) is 5.75 Å². The smallest absolute Gasteiger partial charge is 0.205 e. The van der Waals surface area contributed by atoms with Crippen molar-refractivity contribution in [3.05, 3.63) is 59.8 Å². The van der Waals surface area contributed by atoms with Crippen LogP contribution in [0, 0.1) is 6.92 Å². The SMILES string of the molecule is Cc1ccc(OC(C)C(=O)c2c[nH]c3ccccc23)c(N)c1. The number of nitrogens with one attached hydrogen (secondary N) is 1. The zero-order chi connectivity index (χ0) is 15.7. The average molecular weight is 294 g/mol. The first-order valence-electron chi connectivity index (χ1n) is 7.19. The van der Waals surface area contributed by atoms with Crippen LogP contribution in [0.1, 0.15) is 22.8 Å². The van der Waals surface area contributed by atoms with Crippen LogP contribution in [0.2, 0.25) is 0 Å². The van der Waals surface area contributed by atoms with Gasteiger partial charge in [0.15, 0.2) is 6.10 Å². The van der Waals surface area contributed by atoms with Gasteiger partial charge in [0.2, 0.25) is 5.78 Å².